The van der Waals surface area contributed by atoms with Crippen molar-refractivity contribution in [3.8, 4) is 11.7 Å². The van der Waals surface area contributed by atoms with E-state index in [-0.39, 0.29) is 6.04 Å². The lowest BCUT2D eigenvalue weighted by Crippen LogP contribution is -2.30. The number of hydrogen-bond donors (Lipinski definition) is 1. The summed E-state index contributed by atoms with van der Waals surface area (Å²) in [5, 5.41) is 15.4. The van der Waals surface area contributed by atoms with Gasteiger partial charge in [0.05, 0.1) is 19.4 Å². The molecule has 104 valence electrons. The van der Waals surface area contributed by atoms with Crippen molar-refractivity contribution in [1.82, 2.24) is 25.3 Å². The molecule has 20 heavy (non-hydrogen) atoms. The van der Waals surface area contributed by atoms with Crippen molar-refractivity contribution in [3.63, 3.8) is 0 Å². The largest absolute Gasteiger partial charge is 0.459 e. The fourth-order valence-electron chi connectivity index (χ4n) is 1.84. The van der Waals surface area contributed by atoms with Gasteiger partial charge in [0, 0.05) is 18.4 Å². The average molecular weight is 273 g/mol. The zero-order valence-corrected chi connectivity index (χ0v) is 11.1. The molecule has 0 bridgehead atoms. The van der Waals surface area contributed by atoms with Crippen molar-refractivity contribution >= 4 is 0 Å². The van der Waals surface area contributed by atoms with Gasteiger partial charge in [-0.1, -0.05) is 0 Å². The van der Waals surface area contributed by atoms with Gasteiger partial charge in [-0.05, 0) is 25.1 Å². The molecule has 0 aromatic carbocycles. The zero-order valence-electron chi connectivity index (χ0n) is 11.1. The highest BCUT2D eigenvalue weighted by atomic mass is 16.4. The molecule has 3 heterocycles. The second-order valence-corrected chi connectivity index (χ2v) is 4.49. The minimum Gasteiger partial charge on any atom is -0.459 e. The molecule has 0 fully saturated rings. The lowest BCUT2D eigenvalue weighted by atomic mass is 10.3. The first kappa shape index (κ1) is 12.6. The topological polar surface area (TPSA) is 81.9 Å². The molecule has 0 aliphatic carbocycles. The number of aromatic nitrogens is 4. The molecule has 0 radical (unpaired) electrons. The van der Waals surface area contributed by atoms with Crippen LogP contribution in [0.2, 0.25) is 0 Å². The van der Waals surface area contributed by atoms with Crippen LogP contribution in [-0.4, -0.2) is 26.0 Å². The molecule has 3 rings (SSSR count). The maximum atomic E-state index is 5.51. The van der Waals surface area contributed by atoms with E-state index in [9.17, 15) is 0 Å². The molecular weight excluding hydrogens is 258 g/mol. The van der Waals surface area contributed by atoms with Crippen LogP contribution in [0.3, 0.4) is 0 Å². The minimum atomic E-state index is 0.244. The molecule has 7 heteroatoms. The lowest BCUT2D eigenvalue weighted by Gasteiger charge is -2.11. The Balaban J connectivity index is 1.53. The van der Waals surface area contributed by atoms with Crippen LogP contribution in [-0.2, 0) is 13.1 Å². The average Bonchev–Trinajstić information content (AvgIpc) is 3.18. The summed E-state index contributed by atoms with van der Waals surface area (Å²) < 4.78 is 12.6. The van der Waals surface area contributed by atoms with Gasteiger partial charge in [0.1, 0.15) is 0 Å². The van der Waals surface area contributed by atoms with Gasteiger partial charge in [-0.25, -0.2) is 0 Å². The Hall–Kier alpha value is -2.41. The van der Waals surface area contributed by atoms with Crippen LogP contribution in [0.25, 0.3) is 11.7 Å². The Morgan fingerprint density at radius 3 is 3.05 bits per heavy atom. The standard InChI is InChI=1S/C13H15N5O2/c1-10(9-18-6-3-5-15-18)14-8-12-16-17-13(20-12)11-4-2-7-19-11/h2-7,10,14H,8-9H2,1H3. The fourth-order valence-corrected chi connectivity index (χ4v) is 1.84. The predicted molar refractivity (Wildman–Crippen MR) is 70.5 cm³/mol. The summed E-state index contributed by atoms with van der Waals surface area (Å²) >= 11 is 0. The highest BCUT2D eigenvalue weighted by molar-refractivity contribution is 5.42. The van der Waals surface area contributed by atoms with Gasteiger partial charge in [-0.15, -0.1) is 10.2 Å². The van der Waals surface area contributed by atoms with Crippen molar-refractivity contribution in [2.45, 2.75) is 26.1 Å². The van der Waals surface area contributed by atoms with Crippen LogP contribution >= 0.6 is 0 Å². The van der Waals surface area contributed by atoms with Crippen LogP contribution in [0.15, 0.2) is 45.7 Å². The monoisotopic (exact) mass is 273 g/mol. The molecule has 0 aliphatic heterocycles. The first-order valence-electron chi connectivity index (χ1n) is 6.38. The molecule has 3 aromatic rings. The Morgan fingerprint density at radius 1 is 1.35 bits per heavy atom. The Morgan fingerprint density at radius 2 is 2.30 bits per heavy atom. The molecule has 7 nitrogen and oxygen atoms in total. The van der Waals surface area contributed by atoms with Crippen LogP contribution in [0.1, 0.15) is 12.8 Å². The Kier molecular flexibility index (Phi) is 3.60. The van der Waals surface area contributed by atoms with Crippen molar-refractivity contribution in [1.29, 1.82) is 0 Å². The van der Waals surface area contributed by atoms with E-state index in [2.05, 4.69) is 27.5 Å². The lowest BCUT2D eigenvalue weighted by molar-refractivity contribution is 0.407. The molecular formula is C13H15N5O2. The van der Waals surface area contributed by atoms with E-state index in [0.29, 0.717) is 24.1 Å². The minimum absolute atomic E-state index is 0.244. The fraction of sp³-hybridized carbons (Fsp3) is 0.308. The molecule has 0 saturated carbocycles. The second kappa shape index (κ2) is 5.70. The SMILES string of the molecule is CC(Cn1cccn1)NCc1nnc(-c2ccco2)o1. The highest BCUT2D eigenvalue weighted by Crippen LogP contribution is 2.17. The van der Waals surface area contributed by atoms with Crippen LogP contribution in [0.5, 0.6) is 0 Å². The maximum Gasteiger partial charge on any atom is 0.283 e. The van der Waals surface area contributed by atoms with Crippen molar-refractivity contribution in [2.75, 3.05) is 0 Å². The van der Waals surface area contributed by atoms with E-state index in [4.69, 9.17) is 8.83 Å². The summed E-state index contributed by atoms with van der Waals surface area (Å²) in [6.45, 7) is 3.37. The van der Waals surface area contributed by atoms with Crippen molar-refractivity contribution < 1.29 is 8.83 Å². The van der Waals surface area contributed by atoms with Gasteiger partial charge in [-0.2, -0.15) is 5.10 Å². The maximum absolute atomic E-state index is 5.51. The number of nitrogens with one attached hydrogen (secondary N) is 1. The summed E-state index contributed by atoms with van der Waals surface area (Å²) in [7, 11) is 0. The number of furan rings is 1. The van der Waals surface area contributed by atoms with Crippen LogP contribution in [0.4, 0.5) is 0 Å². The molecule has 0 spiro atoms. The smallest absolute Gasteiger partial charge is 0.283 e. The van der Waals surface area contributed by atoms with Crippen molar-refractivity contribution in [3.05, 3.63) is 42.7 Å². The molecule has 0 amide bonds. The molecule has 1 atom stereocenters. The summed E-state index contributed by atoms with van der Waals surface area (Å²) in [6, 6.07) is 5.71. The molecule has 0 saturated heterocycles. The van der Waals surface area contributed by atoms with E-state index < -0.39 is 0 Å². The first-order chi connectivity index (χ1) is 9.81. The van der Waals surface area contributed by atoms with Gasteiger partial charge in [0.15, 0.2) is 5.76 Å². The van der Waals surface area contributed by atoms with E-state index in [1.807, 2.05) is 16.9 Å². The van der Waals surface area contributed by atoms with Gasteiger partial charge in [0.2, 0.25) is 5.89 Å². The number of hydrogen-bond acceptors (Lipinski definition) is 6. The number of rotatable bonds is 6. The highest BCUT2D eigenvalue weighted by Gasteiger charge is 2.11. The third kappa shape index (κ3) is 2.94. The van der Waals surface area contributed by atoms with Crippen molar-refractivity contribution in [2.24, 2.45) is 0 Å². The van der Waals surface area contributed by atoms with Gasteiger partial charge < -0.3 is 14.2 Å². The molecule has 1 N–H and O–H groups in total. The second-order valence-electron chi connectivity index (χ2n) is 4.49. The Labute approximate surface area is 115 Å². The third-order valence-corrected chi connectivity index (χ3v) is 2.82. The van der Waals surface area contributed by atoms with Gasteiger partial charge in [0.25, 0.3) is 5.89 Å². The molecule has 3 aromatic heterocycles. The zero-order chi connectivity index (χ0) is 13.8. The number of nitrogens with zero attached hydrogens (tertiary/aromatic N) is 4. The summed E-state index contributed by atoms with van der Waals surface area (Å²) in [6.07, 6.45) is 5.27. The summed E-state index contributed by atoms with van der Waals surface area (Å²) in [4.78, 5) is 0. The van der Waals surface area contributed by atoms with E-state index >= 15 is 0 Å². The van der Waals surface area contributed by atoms with E-state index in [1.165, 1.54) is 0 Å². The van der Waals surface area contributed by atoms with E-state index in [0.717, 1.165) is 6.54 Å². The normalized spacial score (nSPS) is 12.7. The summed E-state index contributed by atoms with van der Waals surface area (Å²) in [5.41, 5.74) is 0. The van der Waals surface area contributed by atoms with Crippen LogP contribution < -0.4 is 5.32 Å². The third-order valence-electron chi connectivity index (χ3n) is 2.82. The quantitative estimate of drug-likeness (QED) is 0.736. The van der Waals surface area contributed by atoms with Crippen LogP contribution in [0, 0.1) is 0 Å². The Bertz CT molecular complexity index is 630. The first-order valence-corrected chi connectivity index (χ1v) is 6.38. The predicted octanol–water partition coefficient (Wildman–Crippen LogP) is 1.70. The summed E-state index contributed by atoms with van der Waals surface area (Å²) in [5.74, 6) is 1.50. The van der Waals surface area contributed by atoms with Gasteiger partial charge >= 0.3 is 0 Å². The van der Waals surface area contributed by atoms with E-state index in [1.54, 1.807) is 24.6 Å². The molecule has 1 unspecified atom stereocenters. The molecule has 0 aliphatic rings. The van der Waals surface area contributed by atoms with Gasteiger partial charge in [-0.3, -0.25) is 4.68 Å².